The molecule has 25 heavy (non-hydrogen) atoms. The standard InChI is InChI=1S/C19H32N4O2/c1-16(23-11-9-17-7-4-5-8-18(17)23)15-22-19(20-2)21-10-6-12-25-14-13-24-3/h4-5,7-8,16H,6,9-15H2,1-3H3,(H2,20,21,22). The molecule has 0 spiro atoms. The zero-order valence-electron chi connectivity index (χ0n) is 15.8. The van der Waals surface area contributed by atoms with Gasteiger partial charge in [-0.1, -0.05) is 18.2 Å². The number of fused-ring (bicyclic) bond motifs is 1. The van der Waals surface area contributed by atoms with Crippen LogP contribution in [0.5, 0.6) is 0 Å². The Morgan fingerprint density at radius 3 is 2.88 bits per heavy atom. The van der Waals surface area contributed by atoms with Crippen molar-refractivity contribution < 1.29 is 9.47 Å². The monoisotopic (exact) mass is 348 g/mol. The van der Waals surface area contributed by atoms with Gasteiger partial charge in [0.05, 0.1) is 13.2 Å². The van der Waals surface area contributed by atoms with Crippen molar-refractivity contribution in [3.8, 4) is 0 Å². The lowest BCUT2D eigenvalue weighted by molar-refractivity contribution is 0.0698. The molecule has 6 heteroatoms. The molecule has 0 aromatic heterocycles. The molecule has 0 saturated heterocycles. The lowest BCUT2D eigenvalue weighted by atomic mass is 10.2. The van der Waals surface area contributed by atoms with Crippen LogP contribution in [-0.4, -0.2) is 65.6 Å². The zero-order chi connectivity index (χ0) is 17.9. The van der Waals surface area contributed by atoms with E-state index in [1.165, 1.54) is 11.3 Å². The fraction of sp³-hybridized carbons (Fsp3) is 0.632. The molecule has 0 bridgehead atoms. The average molecular weight is 348 g/mol. The molecule has 1 aromatic rings. The van der Waals surface area contributed by atoms with Crippen LogP contribution in [0, 0.1) is 0 Å². The summed E-state index contributed by atoms with van der Waals surface area (Å²) in [6.07, 6.45) is 2.08. The van der Waals surface area contributed by atoms with E-state index in [-0.39, 0.29) is 0 Å². The number of aliphatic imine (C=N–C) groups is 1. The minimum Gasteiger partial charge on any atom is -0.382 e. The summed E-state index contributed by atoms with van der Waals surface area (Å²) in [5.74, 6) is 0.844. The van der Waals surface area contributed by atoms with Gasteiger partial charge in [0, 0.05) is 52.1 Å². The SMILES string of the molecule is CN=C(NCCCOCCOC)NCC(C)N1CCc2ccccc21. The van der Waals surface area contributed by atoms with Gasteiger partial charge in [0.15, 0.2) is 5.96 Å². The number of nitrogens with zero attached hydrogens (tertiary/aromatic N) is 2. The number of hydrogen-bond donors (Lipinski definition) is 2. The van der Waals surface area contributed by atoms with Crippen molar-refractivity contribution in [2.24, 2.45) is 4.99 Å². The molecule has 0 amide bonds. The third-order valence-electron chi connectivity index (χ3n) is 4.43. The first-order chi connectivity index (χ1) is 12.3. The maximum absolute atomic E-state index is 5.46. The second-order valence-corrected chi connectivity index (χ2v) is 6.26. The first-order valence-corrected chi connectivity index (χ1v) is 9.12. The van der Waals surface area contributed by atoms with Crippen LogP contribution in [0.15, 0.2) is 29.3 Å². The van der Waals surface area contributed by atoms with Crippen molar-refractivity contribution in [3.05, 3.63) is 29.8 Å². The van der Waals surface area contributed by atoms with E-state index in [4.69, 9.17) is 9.47 Å². The molecule has 0 radical (unpaired) electrons. The predicted molar refractivity (Wildman–Crippen MR) is 104 cm³/mol. The van der Waals surface area contributed by atoms with Crippen LogP contribution in [0.4, 0.5) is 5.69 Å². The summed E-state index contributed by atoms with van der Waals surface area (Å²) >= 11 is 0. The third-order valence-corrected chi connectivity index (χ3v) is 4.43. The van der Waals surface area contributed by atoms with E-state index >= 15 is 0 Å². The molecule has 2 N–H and O–H groups in total. The van der Waals surface area contributed by atoms with Gasteiger partial charge in [0.1, 0.15) is 0 Å². The predicted octanol–water partition coefficient (Wildman–Crippen LogP) is 1.66. The van der Waals surface area contributed by atoms with Gasteiger partial charge in [0.25, 0.3) is 0 Å². The van der Waals surface area contributed by atoms with Gasteiger partial charge < -0.3 is 25.0 Å². The van der Waals surface area contributed by atoms with Crippen LogP contribution in [-0.2, 0) is 15.9 Å². The Balaban J connectivity index is 1.65. The highest BCUT2D eigenvalue weighted by Crippen LogP contribution is 2.28. The molecule has 2 rings (SSSR count). The number of nitrogens with one attached hydrogen (secondary N) is 2. The van der Waals surface area contributed by atoms with E-state index in [9.17, 15) is 0 Å². The summed E-state index contributed by atoms with van der Waals surface area (Å²) in [4.78, 5) is 6.76. The molecule has 1 heterocycles. The topological polar surface area (TPSA) is 58.1 Å². The van der Waals surface area contributed by atoms with Crippen LogP contribution >= 0.6 is 0 Å². The van der Waals surface area contributed by atoms with Crippen LogP contribution in [0.3, 0.4) is 0 Å². The van der Waals surface area contributed by atoms with Crippen molar-refractivity contribution >= 4 is 11.6 Å². The Kier molecular flexibility index (Phi) is 8.55. The van der Waals surface area contributed by atoms with Crippen LogP contribution in [0.2, 0.25) is 0 Å². The molecule has 1 aliphatic rings. The molecule has 0 saturated carbocycles. The molecular formula is C19H32N4O2. The highest BCUT2D eigenvalue weighted by Gasteiger charge is 2.22. The summed E-state index contributed by atoms with van der Waals surface area (Å²) < 4.78 is 10.4. The molecule has 0 fully saturated rings. The minimum atomic E-state index is 0.416. The second kappa shape index (κ2) is 10.9. The summed E-state index contributed by atoms with van der Waals surface area (Å²) in [7, 11) is 3.49. The molecule has 1 aliphatic heterocycles. The Labute approximate surface area is 151 Å². The van der Waals surface area contributed by atoms with Crippen LogP contribution in [0.25, 0.3) is 0 Å². The number of rotatable bonds is 10. The molecular weight excluding hydrogens is 316 g/mol. The normalized spacial score (nSPS) is 15.2. The van der Waals surface area contributed by atoms with Gasteiger partial charge in [0.2, 0.25) is 0 Å². The van der Waals surface area contributed by atoms with Gasteiger partial charge in [-0.25, -0.2) is 0 Å². The molecule has 1 atom stereocenters. The maximum atomic E-state index is 5.46. The number of ether oxygens (including phenoxy) is 2. The Bertz CT molecular complexity index is 536. The highest BCUT2D eigenvalue weighted by atomic mass is 16.5. The molecule has 1 aromatic carbocycles. The van der Waals surface area contributed by atoms with Crippen molar-refractivity contribution in [2.45, 2.75) is 25.8 Å². The van der Waals surface area contributed by atoms with E-state index in [1.54, 1.807) is 14.2 Å². The Hall–Kier alpha value is -1.79. The highest BCUT2D eigenvalue weighted by molar-refractivity contribution is 5.79. The minimum absolute atomic E-state index is 0.416. The molecule has 140 valence electrons. The van der Waals surface area contributed by atoms with E-state index < -0.39 is 0 Å². The first kappa shape index (κ1) is 19.5. The molecule has 6 nitrogen and oxygen atoms in total. The first-order valence-electron chi connectivity index (χ1n) is 9.12. The summed E-state index contributed by atoms with van der Waals surface area (Å²) in [5.41, 5.74) is 2.82. The number of anilines is 1. The van der Waals surface area contributed by atoms with Gasteiger partial charge in [-0.2, -0.15) is 0 Å². The summed E-state index contributed by atoms with van der Waals surface area (Å²) in [6, 6.07) is 9.10. The fourth-order valence-corrected chi connectivity index (χ4v) is 3.02. The van der Waals surface area contributed by atoms with Crippen molar-refractivity contribution in [2.75, 3.05) is 58.5 Å². The zero-order valence-corrected chi connectivity index (χ0v) is 15.8. The second-order valence-electron chi connectivity index (χ2n) is 6.26. The molecule has 0 aliphatic carbocycles. The largest absolute Gasteiger partial charge is 0.382 e. The fourth-order valence-electron chi connectivity index (χ4n) is 3.02. The van der Waals surface area contributed by atoms with Crippen molar-refractivity contribution in [1.82, 2.24) is 10.6 Å². The number of para-hydroxylation sites is 1. The lowest BCUT2D eigenvalue weighted by Gasteiger charge is -2.28. The van der Waals surface area contributed by atoms with Gasteiger partial charge in [-0.05, 0) is 31.4 Å². The van der Waals surface area contributed by atoms with Gasteiger partial charge >= 0.3 is 0 Å². The number of methoxy groups -OCH3 is 1. The summed E-state index contributed by atoms with van der Waals surface area (Å²) in [5, 5.41) is 6.76. The van der Waals surface area contributed by atoms with Crippen LogP contribution in [0.1, 0.15) is 18.9 Å². The van der Waals surface area contributed by atoms with Crippen molar-refractivity contribution in [3.63, 3.8) is 0 Å². The van der Waals surface area contributed by atoms with Crippen molar-refractivity contribution in [1.29, 1.82) is 0 Å². The average Bonchev–Trinajstić information content (AvgIpc) is 3.07. The number of benzene rings is 1. The third kappa shape index (κ3) is 6.21. The number of guanidine groups is 1. The van der Waals surface area contributed by atoms with E-state index in [2.05, 4.69) is 51.7 Å². The van der Waals surface area contributed by atoms with Crippen LogP contribution < -0.4 is 15.5 Å². The Morgan fingerprint density at radius 1 is 1.24 bits per heavy atom. The Morgan fingerprint density at radius 2 is 2.08 bits per heavy atom. The van der Waals surface area contributed by atoms with E-state index in [0.29, 0.717) is 19.3 Å². The van der Waals surface area contributed by atoms with Gasteiger partial charge in [-0.3, -0.25) is 4.99 Å². The quantitative estimate of drug-likeness (QED) is 0.383. The smallest absolute Gasteiger partial charge is 0.191 e. The maximum Gasteiger partial charge on any atom is 0.191 e. The van der Waals surface area contributed by atoms with Gasteiger partial charge in [-0.15, -0.1) is 0 Å². The van der Waals surface area contributed by atoms with E-state index in [0.717, 1.165) is 45.0 Å². The lowest BCUT2D eigenvalue weighted by Crippen LogP contribution is -2.46. The van der Waals surface area contributed by atoms with E-state index in [1.807, 2.05) is 0 Å². The summed E-state index contributed by atoms with van der Waals surface area (Å²) in [6.45, 7) is 7.08. The molecule has 1 unspecified atom stereocenters. The number of hydrogen-bond acceptors (Lipinski definition) is 4.